The van der Waals surface area contributed by atoms with Crippen LogP contribution in [-0.2, 0) is 11.3 Å². The molecule has 1 aliphatic rings. The molecule has 0 atom stereocenters. The van der Waals surface area contributed by atoms with Crippen LogP contribution in [0.15, 0.2) is 23.2 Å². The van der Waals surface area contributed by atoms with Gasteiger partial charge in [0.15, 0.2) is 5.96 Å². The van der Waals surface area contributed by atoms with E-state index in [1.54, 1.807) is 12.1 Å². The Kier molecular flexibility index (Phi) is 9.99. The fourth-order valence-corrected chi connectivity index (χ4v) is 3.04. The molecule has 0 aliphatic carbocycles. The molecule has 2 rings (SSSR count). The zero-order chi connectivity index (χ0) is 20.2. The Balaban J connectivity index is 1.82. The third kappa shape index (κ3) is 8.39. The second kappa shape index (κ2) is 12.5. The molecule has 0 saturated carbocycles. The number of aryl methyl sites for hydroxylation is 1. The molecule has 1 aliphatic heterocycles. The van der Waals surface area contributed by atoms with Gasteiger partial charge in [-0.3, -0.25) is 4.90 Å². The molecule has 28 heavy (non-hydrogen) atoms. The van der Waals surface area contributed by atoms with Crippen LogP contribution in [0.1, 0.15) is 30.9 Å². The van der Waals surface area contributed by atoms with Crippen LogP contribution < -0.4 is 15.4 Å². The largest absolute Gasteiger partial charge is 0.434 e. The number of morpholine rings is 1. The van der Waals surface area contributed by atoms with Crippen LogP contribution in [0.25, 0.3) is 0 Å². The minimum absolute atomic E-state index is 0.172. The minimum atomic E-state index is -2.84. The van der Waals surface area contributed by atoms with Gasteiger partial charge in [-0.2, -0.15) is 8.78 Å². The van der Waals surface area contributed by atoms with Crippen molar-refractivity contribution in [1.29, 1.82) is 0 Å². The summed E-state index contributed by atoms with van der Waals surface area (Å²) in [6.45, 7) is 7.63. The highest BCUT2D eigenvalue weighted by molar-refractivity contribution is 5.79. The van der Waals surface area contributed by atoms with Crippen LogP contribution >= 0.6 is 0 Å². The van der Waals surface area contributed by atoms with Crippen molar-refractivity contribution >= 4 is 5.96 Å². The van der Waals surface area contributed by atoms with Crippen molar-refractivity contribution in [3.8, 4) is 5.75 Å². The van der Waals surface area contributed by atoms with Gasteiger partial charge in [0, 0.05) is 31.7 Å². The van der Waals surface area contributed by atoms with Gasteiger partial charge in [0.2, 0.25) is 0 Å². The highest BCUT2D eigenvalue weighted by Crippen LogP contribution is 2.22. The maximum Gasteiger partial charge on any atom is 0.387 e. The first-order valence-corrected chi connectivity index (χ1v) is 9.95. The molecule has 1 aromatic rings. The number of alkyl halides is 2. The van der Waals surface area contributed by atoms with E-state index in [0.29, 0.717) is 11.5 Å². The van der Waals surface area contributed by atoms with Crippen molar-refractivity contribution in [1.82, 2.24) is 15.5 Å². The number of nitrogens with one attached hydrogen (secondary N) is 2. The molecule has 0 unspecified atom stereocenters. The van der Waals surface area contributed by atoms with Crippen LogP contribution in [0.4, 0.5) is 8.78 Å². The third-order valence-electron chi connectivity index (χ3n) is 4.48. The Morgan fingerprint density at radius 2 is 2.04 bits per heavy atom. The zero-order valence-electron chi connectivity index (χ0n) is 16.8. The average Bonchev–Trinajstić information content (AvgIpc) is 2.68. The molecule has 0 aromatic heterocycles. The van der Waals surface area contributed by atoms with Crippen LogP contribution in [0, 0.1) is 6.92 Å². The van der Waals surface area contributed by atoms with Crippen molar-refractivity contribution in [3.05, 3.63) is 29.3 Å². The zero-order valence-corrected chi connectivity index (χ0v) is 16.8. The molecule has 0 radical (unpaired) electrons. The second-order valence-electron chi connectivity index (χ2n) is 6.77. The monoisotopic (exact) mass is 398 g/mol. The second-order valence-corrected chi connectivity index (χ2v) is 6.77. The lowest BCUT2D eigenvalue weighted by Crippen LogP contribution is -2.39. The number of guanidine groups is 1. The Morgan fingerprint density at radius 3 is 2.75 bits per heavy atom. The Hall–Kier alpha value is -1.93. The lowest BCUT2D eigenvalue weighted by molar-refractivity contribution is -0.0504. The van der Waals surface area contributed by atoms with Crippen molar-refractivity contribution in [2.24, 2.45) is 4.99 Å². The summed E-state index contributed by atoms with van der Waals surface area (Å²) in [7, 11) is 0. The normalized spacial score (nSPS) is 15.7. The maximum atomic E-state index is 12.6. The molecular formula is C20H32F2N4O2. The van der Waals surface area contributed by atoms with E-state index in [4.69, 9.17) is 4.74 Å². The van der Waals surface area contributed by atoms with E-state index in [1.165, 1.54) is 0 Å². The van der Waals surface area contributed by atoms with Gasteiger partial charge in [-0.05, 0) is 39.3 Å². The van der Waals surface area contributed by atoms with E-state index in [2.05, 4.69) is 25.3 Å². The summed E-state index contributed by atoms with van der Waals surface area (Å²) < 4.78 is 35.2. The summed E-state index contributed by atoms with van der Waals surface area (Å²) in [4.78, 5) is 6.94. The van der Waals surface area contributed by atoms with Crippen LogP contribution in [0.5, 0.6) is 5.75 Å². The molecule has 1 heterocycles. The Morgan fingerprint density at radius 1 is 1.25 bits per heavy atom. The van der Waals surface area contributed by atoms with Crippen molar-refractivity contribution < 1.29 is 18.3 Å². The van der Waals surface area contributed by atoms with Gasteiger partial charge in [-0.1, -0.05) is 17.7 Å². The molecule has 1 aromatic carbocycles. The minimum Gasteiger partial charge on any atom is -0.434 e. The molecule has 1 fully saturated rings. The molecule has 0 bridgehead atoms. The number of hydrogen-bond acceptors (Lipinski definition) is 4. The summed E-state index contributed by atoms with van der Waals surface area (Å²) in [5.74, 6) is 0.851. The molecule has 158 valence electrons. The molecule has 8 heteroatoms. The van der Waals surface area contributed by atoms with Crippen LogP contribution in [0.3, 0.4) is 0 Å². The standard InChI is InChI=1S/C20H32F2N4O2/c1-3-23-20(24-8-4-5-9-26-10-12-27-13-11-26)25-15-17-14-16(2)6-7-18(17)28-19(21)22/h6-7,14,19H,3-5,8-13,15H2,1-2H3,(H2,23,24,25). The van der Waals surface area contributed by atoms with Crippen LogP contribution in [-0.4, -0.2) is 63.4 Å². The van der Waals surface area contributed by atoms with Gasteiger partial charge >= 0.3 is 6.61 Å². The Labute approximate surface area is 166 Å². The quantitative estimate of drug-likeness (QED) is 0.361. The summed E-state index contributed by atoms with van der Waals surface area (Å²) >= 11 is 0. The summed E-state index contributed by atoms with van der Waals surface area (Å²) in [5.41, 5.74) is 1.62. The van der Waals surface area contributed by atoms with Gasteiger partial charge in [-0.15, -0.1) is 0 Å². The molecule has 2 N–H and O–H groups in total. The highest BCUT2D eigenvalue weighted by Gasteiger charge is 2.11. The summed E-state index contributed by atoms with van der Waals surface area (Å²) in [5, 5.41) is 6.50. The van der Waals surface area contributed by atoms with Crippen LogP contribution in [0.2, 0.25) is 0 Å². The topological polar surface area (TPSA) is 58.1 Å². The van der Waals surface area contributed by atoms with Gasteiger partial charge in [0.1, 0.15) is 5.75 Å². The lowest BCUT2D eigenvalue weighted by Gasteiger charge is -2.26. The van der Waals surface area contributed by atoms with Crippen molar-refractivity contribution in [3.63, 3.8) is 0 Å². The number of aliphatic imine (C=N–C) groups is 1. The lowest BCUT2D eigenvalue weighted by atomic mass is 10.1. The molecular weight excluding hydrogens is 366 g/mol. The number of hydrogen-bond donors (Lipinski definition) is 2. The first kappa shape index (κ1) is 22.4. The van der Waals surface area contributed by atoms with E-state index < -0.39 is 6.61 Å². The molecule has 0 amide bonds. The van der Waals surface area contributed by atoms with E-state index in [1.807, 2.05) is 19.9 Å². The predicted octanol–water partition coefficient (Wildman–Crippen LogP) is 2.76. The number of benzene rings is 1. The number of unbranched alkanes of at least 4 members (excludes halogenated alkanes) is 1. The Bertz CT molecular complexity index is 608. The average molecular weight is 398 g/mol. The van der Waals surface area contributed by atoms with E-state index >= 15 is 0 Å². The predicted molar refractivity (Wildman–Crippen MR) is 107 cm³/mol. The molecule has 0 spiro atoms. The number of ether oxygens (including phenoxy) is 2. The summed E-state index contributed by atoms with van der Waals surface area (Å²) in [6, 6.07) is 5.15. The van der Waals surface area contributed by atoms with Gasteiger partial charge in [0.25, 0.3) is 0 Å². The first-order valence-electron chi connectivity index (χ1n) is 9.95. The van der Waals surface area contributed by atoms with Crippen molar-refractivity contribution in [2.75, 3.05) is 45.9 Å². The smallest absolute Gasteiger partial charge is 0.387 e. The molecule has 1 saturated heterocycles. The maximum absolute atomic E-state index is 12.6. The summed E-state index contributed by atoms with van der Waals surface area (Å²) in [6.07, 6.45) is 2.14. The molecule has 6 nitrogen and oxygen atoms in total. The number of nitrogens with zero attached hydrogens (tertiary/aromatic N) is 2. The van der Waals surface area contributed by atoms with Crippen molar-refractivity contribution in [2.45, 2.75) is 39.8 Å². The van der Waals surface area contributed by atoms with E-state index in [-0.39, 0.29) is 12.3 Å². The number of halogens is 2. The van der Waals surface area contributed by atoms with Gasteiger partial charge in [-0.25, -0.2) is 4.99 Å². The fraction of sp³-hybridized carbons (Fsp3) is 0.650. The number of rotatable bonds is 10. The van der Waals surface area contributed by atoms with Gasteiger partial charge in [0.05, 0.1) is 19.8 Å². The first-order chi connectivity index (χ1) is 13.6. The highest BCUT2D eigenvalue weighted by atomic mass is 19.3. The third-order valence-corrected chi connectivity index (χ3v) is 4.48. The SMILES string of the molecule is CCNC(=NCc1cc(C)ccc1OC(F)F)NCCCCN1CCOCC1. The fourth-order valence-electron chi connectivity index (χ4n) is 3.04. The van der Waals surface area contributed by atoms with E-state index in [0.717, 1.165) is 64.3 Å². The van der Waals surface area contributed by atoms with E-state index in [9.17, 15) is 8.78 Å². The van der Waals surface area contributed by atoms with Gasteiger partial charge < -0.3 is 20.1 Å².